The Bertz CT molecular complexity index is 1390. The number of nitrogens with zero attached hydrogens (tertiary/aromatic N) is 2. The quantitative estimate of drug-likeness (QED) is 0.125. The third kappa shape index (κ3) is 6.26. The highest BCUT2D eigenvalue weighted by molar-refractivity contribution is 14.1. The van der Waals surface area contributed by atoms with Crippen LogP contribution in [0.4, 0.5) is 10.1 Å². The van der Waals surface area contributed by atoms with Crippen LogP contribution in [0.25, 0.3) is 6.08 Å². The van der Waals surface area contributed by atoms with Crippen LogP contribution in [-0.4, -0.2) is 42.7 Å². The minimum absolute atomic E-state index is 0.167. The number of anilines is 1. The molecule has 0 aliphatic carbocycles. The molecule has 38 heavy (non-hydrogen) atoms. The van der Waals surface area contributed by atoms with E-state index < -0.39 is 5.97 Å². The highest BCUT2D eigenvalue weighted by Crippen LogP contribution is 2.33. The summed E-state index contributed by atoms with van der Waals surface area (Å²) in [4.78, 5) is 28.6. The van der Waals surface area contributed by atoms with Crippen molar-refractivity contribution in [2.45, 2.75) is 6.61 Å². The fraction of sp³-hybridized carbons (Fsp3) is 0.148. The van der Waals surface area contributed by atoms with Crippen LogP contribution in [0, 0.1) is 13.0 Å². The smallest absolute Gasteiger partial charge is 0.325 e. The molecule has 0 atom stereocenters. The molecular formula is C27H21FI2N2O5S. The number of carbonyl (C=O) groups is 2. The normalized spacial score (nSPS) is 14.3. The molecule has 0 radical (unpaired) electrons. The Balaban J connectivity index is 1.65. The lowest BCUT2D eigenvalue weighted by atomic mass is 10.1. The Morgan fingerprint density at radius 2 is 1.66 bits per heavy atom. The van der Waals surface area contributed by atoms with Gasteiger partial charge in [0.25, 0.3) is 5.91 Å². The molecule has 11 heteroatoms. The number of hydrogen-bond donors (Lipinski definition) is 0. The number of esters is 1. The van der Waals surface area contributed by atoms with Crippen molar-refractivity contribution in [1.29, 1.82) is 0 Å². The van der Waals surface area contributed by atoms with E-state index in [1.54, 1.807) is 49.6 Å². The Morgan fingerprint density at radius 1 is 1.03 bits per heavy atom. The van der Waals surface area contributed by atoms with Gasteiger partial charge in [-0.25, -0.2) is 4.39 Å². The largest absolute Gasteiger partial charge is 0.497 e. The topological polar surface area (TPSA) is 68.3 Å². The van der Waals surface area contributed by atoms with E-state index in [0.717, 1.165) is 18.3 Å². The van der Waals surface area contributed by atoms with E-state index in [4.69, 9.17) is 26.4 Å². The molecule has 1 aliphatic rings. The number of thiocarbonyl (C=S) groups is 1. The summed E-state index contributed by atoms with van der Waals surface area (Å²) in [5.41, 5.74) is 2.35. The van der Waals surface area contributed by atoms with Crippen LogP contribution in [0.5, 0.6) is 11.5 Å². The van der Waals surface area contributed by atoms with Crippen LogP contribution in [0.2, 0.25) is 0 Å². The lowest BCUT2D eigenvalue weighted by molar-refractivity contribution is -0.140. The average molecular weight is 758 g/mol. The monoisotopic (exact) mass is 758 g/mol. The van der Waals surface area contributed by atoms with Gasteiger partial charge >= 0.3 is 5.97 Å². The van der Waals surface area contributed by atoms with Crippen molar-refractivity contribution in [3.8, 4) is 11.5 Å². The highest BCUT2D eigenvalue weighted by atomic mass is 127. The van der Waals surface area contributed by atoms with Gasteiger partial charge in [-0.3, -0.25) is 14.5 Å². The summed E-state index contributed by atoms with van der Waals surface area (Å²) < 4.78 is 30.9. The molecule has 0 spiro atoms. The number of ether oxygens (including phenoxy) is 3. The van der Waals surface area contributed by atoms with Crippen molar-refractivity contribution in [3.05, 3.63) is 90.4 Å². The lowest BCUT2D eigenvalue weighted by Gasteiger charge is -2.19. The van der Waals surface area contributed by atoms with Crippen LogP contribution in [-0.2, 0) is 20.9 Å². The first-order chi connectivity index (χ1) is 18.2. The first-order valence-electron chi connectivity index (χ1n) is 11.2. The second-order valence-corrected chi connectivity index (χ2v) is 10.7. The first-order valence-corrected chi connectivity index (χ1v) is 13.7. The Morgan fingerprint density at radius 3 is 2.24 bits per heavy atom. The van der Waals surface area contributed by atoms with Crippen molar-refractivity contribution in [2.24, 2.45) is 0 Å². The predicted octanol–water partition coefficient (Wildman–Crippen LogP) is 5.77. The molecule has 0 N–H and O–H groups in total. The zero-order valence-electron chi connectivity index (χ0n) is 20.2. The summed E-state index contributed by atoms with van der Waals surface area (Å²) in [5.74, 6) is 0.113. The molecule has 196 valence electrons. The van der Waals surface area contributed by atoms with Gasteiger partial charge in [0.2, 0.25) is 0 Å². The summed E-state index contributed by atoms with van der Waals surface area (Å²) in [6.45, 7) is 0.0653. The molecule has 3 aromatic carbocycles. The summed E-state index contributed by atoms with van der Waals surface area (Å²) in [7, 11) is 2.84. The molecule has 7 nitrogen and oxygen atoms in total. The highest BCUT2D eigenvalue weighted by Gasteiger charge is 2.40. The van der Waals surface area contributed by atoms with E-state index in [0.29, 0.717) is 17.2 Å². The van der Waals surface area contributed by atoms with E-state index in [1.807, 2.05) is 12.1 Å². The van der Waals surface area contributed by atoms with Crippen LogP contribution in [0.15, 0.2) is 66.4 Å². The third-order valence-electron chi connectivity index (χ3n) is 5.60. The Labute approximate surface area is 251 Å². The van der Waals surface area contributed by atoms with Crippen LogP contribution < -0.4 is 14.4 Å². The zero-order valence-corrected chi connectivity index (χ0v) is 25.4. The number of methoxy groups -OCH3 is 2. The van der Waals surface area contributed by atoms with Gasteiger partial charge in [0.05, 0.1) is 27.0 Å². The molecule has 1 saturated heterocycles. The minimum Gasteiger partial charge on any atom is -0.497 e. The molecule has 0 saturated carbocycles. The van der Waals surface area contributed by atoms with Crippen molar-refractivity contribution in [3.63, 3.8) is 0 Å². The standard InChI is InChI=1S/C27H21FI2N2O5S/c1-35-20-9-7-19(8-10-20)32-26(34)23(31(27(32)38)14-24(33)36-2)13-17-11-21(29)25(22(30)12-17)37-15-16-3-5-18(28)6-4-16/h3-13H,14-15H2,1-2H3/b23-13-. The van der Waals surface area contributed by atoms with E-state index in [1.165, 1.54) is 29.0 Å². The maximum atomic E-state index is 13.6. The number of carbonyl (C=O) groups excluding carboxylic acids is 2. The maximum Gasteiger partial charge on any atom is 0.325 e. The van der Waals surface area contributed by atoms with Gasteiger partial charge in [-0.1, -0.05) is 12.1 Å². The van der Waals surface area contributed by atoms with Crippen molar-refractivity contribution in [1.82, 2.24) is 4.90 Å². The van der Waals surface area contributed by atoms with Gasteiger partial charge < -0.3 is 19.1 Å². The second-order valence-electron chi connectivity index (χ2n) is 8.04. The van der Waals surface area contributed by atoms with Gasteiger partial charge in [0.15, 0.2) is 5.11 Å². The minimum atomic E-state index is -0.531. The fourth-order valence-corrected chi connectivity index (χ4v) is 6.16. The van der Waals surface area contributed by atoms with Gasteiger partial charge in [-0.15, -0.1) is 0 Å². The van der Waals surface area contributed by atoms with Crippen LogP contribution in [0.3, 0.4) is 0 Å². The van der Waals surface area contributed by atoms with Crippen molar-refractivity contribution < 1.29 is 28.2 Å². The van der Waals surface area contributed by atoms with E-state index >= 15 is 0 Å². The Kier molecular flexibility index (Phi) is 9.20. The van der Waals surface area contributed by atoms with E-state index in [9.17, 15) is 14.0 Å². The first kappa shape index (κ1) is 28.2. The second kappa shape index (κ2) is 12.4. The number of amides is 1. The molecule has 4 rings (SSSR count). The summed E-state index contributed by atoms with van der Waals surface area (Å²) in [6.07, 6.45) is 1.69. The van der Waals surface area contributed by atoms with Crippen LogP contribution >= 0.6 is 57.4 Å². The van der Waals surface area contributed by atoms with Crippen LogP contribution in [0.1, 0.15) is 11.1 Å². The van der Waals surface area contributed by atoms with Gasteiger partial charge in [-0.05, 0) is 123 Å². The van der Waals surface area contributed by atoms with E-state index in [2.05, 4.69) is 45.2 Å². The fourth-order valence-electron chi connectivity index (χ4n) is 3.68. The van der Waals surface area contributed by atoms with Gasteiger partial charge in [-0.2, -0.15) is 0 Å². The molecule has 1 heterocycles. The summed E-state index contributed by atoms with van der Waals surface area (Å²) >= 11 is 9.94. The SMILES string of the molecule is COC(=O)CN1C(=S)N(c2ccc(OC)cc2)C(=O)/C1=C/c1cc(I)c(OCc2ccc(F)cc2)c(I)c1. The molecule has 1 aliphatic heterocycles. The summed E-state index contributed by atoms with van der Waals surface area (Å²) in [5, 5.41) is 0.167. The van der Waals surface area contributed by atoms with E-state index in [-0.39, 0.29) is 35.7 Å². The van der Waals surface area contributed by atoms with Crippen molar-refractivity contribution in [2.75, 3.05) is 25.7 Å². The number of benzene rings is 3. The number of hydrogen-bond acceptors (Lipinski definition) is 6. The van der Waals surface area contributed by atoms with Gasteiger partial charge in [0, 0.05) is 0 Å². The molecule has 1 fully saturated rings. The molecule has 0 unspecified atom stereocenters. The Hall–Kier alpha value is -2.78. The van der Waals surface area contributed by atoms with Crippen molar-refractivity contribution >= 4 is 86.2 Å². The third-order valence-corrected chi connectivity index (χ3v) is 7.61. The lowest BCUT2D eigenvalue weighted by Crippen LogP contribution is -2.35. The average Bonchev–Trinajstić information content (AvgIpc) is 3.13. The molecular weight excluding hydrogens is 737 g/mol. The molecule has 1 amide bonds. The maximum absolute atomic E-state index is 13.6. The molecule has 0 aromatic heterocycles. The molecule has 3 aromatic rings. The predicted molar refractivity (Wildman–Crippen MR) is 162 cm³/mol. The van der Waals surface area contributed by atoms with Gasteiger partial charge in [0.1, 0.15) is 36.2 Å². The number of halogens is 3. The molecule has 0 bridgehead atoms. The summed E-state index contributed by atoms with van der Waals surface area (Å²) in [6, 6.07) is 16.8. The zero-order chi connectivity index (χ0) is 27.4. The number of rotatable bonds is 8.